The lowest BCUT2D eigenvalue weighted by Gasteiger charge is -2.28. The summed E-state index contributed by atoms with van der Waals surface area (Å²) >= 11 is 0. The number of fused-ring (bicyclic) bond motifs is 1. The molecule has 0 spiro atoms. The number of carbonyl (C=O) groups excluding carboxylic acids is 1. The third-order valence-corrected chi connectivity index (χ3v) is 5.87. The number of aromatic nitrogens is 4. The van der Waals surface area contributed by atoms with Crippen LogP contribution in [-0.4, -0.2) is 57.2 Å². The summed E-state index contributed by atoms with van der Waals surface area (Å²) in [6, 6.07) is 7.63. The molecule has 2 aliphatic heterocycles. The summed E-state index contributed by atoms with van der Waals surface area (Å²) in [7, 11) is 2.11. The predicted octanol–water partition coefficient (Wildman–Crippen LogP) is 2.58. The lowest BCUT2D eigenvalue weighted by atomic mass is 10.1. The van der Waals surface area contributed by atoms with Crippen molar-refractivity contribution in [3.05, 3.63) is 59.2 Å². The Kier molecular flexibility index (Phi) is 5.44. The van der Waals surface area contributed by atoms with E-state index in [2.05, 4.69) is 42.3 Å². The van der Waals surface area contributed by atoms with E-state index in [1.165, 1.54) is 24.3 Å². The van der Waals surface area contributed by atoms with Crippen LogP contribution in [0.25, 0.3) is 0 Å². The zero-order chi connectivity index (χ0) is 22.1. The van der Waals surface area contributed by atoms with Crippen molar-refractivity contribution < 1.29 is 13.9 Å². The number of halogens is 1. The van der Waals surface area contributed by atoms with Crippen molar-refractivity contribution >= 4 is 17.5 Å². The molecule has 0 bridgehead atoms. The number of H-pyrrole nitrogens is 1. The summed E-state index contributed by atoms with van der Waals surface area (Å²) in [5.74, 6) is 0.569. The van der Waals surface area contributed by atoms with E-state index >= 15 is 0 Å². The van der Waals surface area contributed by atoms with Crippen molar-refractivity contribution in [2.75, 3.05) is 30.4 Å². The maximum absolute atomic E-state index is 13.1. The van der Waals surface area contributed by atoms with Crippen LogP contribution in [0.4, 0.5) is 16.0 Å². The van der Waals surface area contributed by atoms with Gasteiger partial charge in [0.15, 0.2) is 0 Å². The minimum absolute atomic E-state index is 0.129. The number of carbonyl (C=O) groups is 1. The second-order valence-corrected chi connectivity index (χ2v) is 8.16. The fourth-order valence-corrected chi connectivity index (χ4v) is 4.00. The van der Waals surface area contributed by atoms with Crippen molar-refractivity contribution in [1.82, 2.24) is 25.1 Å². The number of nitrogens with zero attached hydrogens (tertiary/aromatic N) is 5. The van der Waals surface area contributed by atoms with Crippen LogP contribution in [0.5, 0.6) is 6.01 Å². The number of aromatic amines is 1. The van der Waals surface area contributed by atoms with Gasteiger partial charge in [-0.1, -0.05) is 0 Å². The summed E-state index contributed by atoms with van der Waals surface area (Å²) in [6.07, 6.45) is 3.75. The fourth-order valence-electron chi connectivity index (χ4n) is 4.00. The molecule has 0 unspecified atom stereocenters. The lowest BCUT2D eigenvalue weighted by molar-refractivity contribution is 0.102. The van der Waals surface area contributed by atoms with E-state index < -0.39 is 0 Å². The molecule has 2 N–H and O–H groups in total. The van der Waals surface area contributed by atoms with Crippen LogP contribution >= 0.6 is 0 Å². The molecule has 5 rings (SSSR count). The third-order valence-electron chi connectivity index (χ3n) is 5.87. The van der Waals surface area contributed by atoms with Gasteiger partial charge in [0.05, 0.1) is 18.8 Å². The highest BCUT2D eigenvalue weighted by atomic mass is 19.1. The van der Waals surface area contributed by atoms with Crippen LogP contribution in [0, 0.1) is 5.82 Å². The van der Waals surface area contributed by atoms with Crippen molar-refractivity contribution in [3.63, 3.8) is 0 Å². The van der Waals surface area contributed by atoms with Gasteiger partial charge in [0.1, 0.15) is 23.6 Å². The SMILES string of the molecule is CN1CCC(Oc2nccc(N3Cc4n[nH]c(NC(=O)c5ccc(F)cc5)c4C3)n2)CC1. The van der Waals surface area contributed by atoms with E-state index in [4.69, 9.17) is 4.74 Å². The number of hydrogen-bond acceptors (Lipinski definition) is 7. The Morgan fingerprint density at radius 2 is 1.97 bits per heavy atom. The minimum Gasteiger partial charge on any atom is -0.460 e. The number of piperidine rings is 1. The highest BCUT2D eigenvalue weighted by Gasteiger charge is 2.28. The standard InChI is InChI=1S/C22H24FN7O2/c1-29-10-7-16(8-11-29)32-22-24-9-6-19(25-22)30-12-17-18(13-30)27-28-20(17)26-21(31)14-2-4-15(23)5-3-14/h2-6,9,16H,7-8,10-13H2,1H3,(H2,26,27,28,31). The first-order valence-electron chi connectivity index (χ1n) is 10.6. The zero-order valence-corrected chi connectivity index (χ0v) is 17.7. The Morgan fingerprint density at radius 3 is 2.75 bits per heavy atom. The number of rotatable bonds is 5. The molecule has 0 radical (unpaired) electrons. The van der Waals surface area contributed by atoms with Crippen LogP contribution in [0.1, 0.15) is 34.5 Å². The van der Waals surface area contributed by atoms with Gasteiger partial charge in [-0.15, -0.1) is 0 Å². The molecule has 1 saturated heterocycles. The Hall–Kier alpha value is -3.53. The maximum atomic E-state index is 13.1. The monoisotopic (exact) mass is 437 g/mol. The predicted molar refractivity (Wildman–Crippen MR) is 116 cm³/mol. The van der Waals surface area contributed by atoms with Gasteiger partial charge >= 0.3 is 6.01 Å². The molecular formula is C22H24FN7O2. The summed E-state index contributed by atoms with van der Waals surface area (Å²) in [6.45, 7) is 3.10. The van der Waals surface area contributed by atoms with Gasteiger partial charge in [0.2, 0.25) is 0 Å². The molecule has 2 aromatic heterocycles. The van der Waals surface area contributed by atoms with Crippen LogP contribution in [-0.2, 0) is 13.1 Å². The van der Waals surface area contributed by atoms with E-state index in [9.17, 15) is 9.18 Å². The van der Waals surface area contributed by atoms with Crippen LogP contribution in [0.2, 0.25) is 0 Å². The summed E-state index contributed by atoms with van der Waals surface area (Å²) in [5.41, 5.74) is 2.11. The van der Waals surface area contributed by atoms with Gasteiger partial charge in [-0.25, -0.2) is 9.37 Å². The topological polar surface area (TPSA) is 99.3 Å². The molecule has 2 aliphatic rings. The molecule has 10 heteroatoms. The molecule has 9 nitrogen and oxygen atoms in total. The molecule has 0 aliphatic carbocycles. The smallest absolute Gasteiger partial charge is 0.318 e. The summed E-state index contributed by atoms with van der Waals surface area (Å²) < 4.78 is 19.1. The van der Waals surface area contributed by atoms with Gasteiger partial charge in [-0.2, -0.15) is 10.1 Å². The Bertz CT molecular complexity index is 1110. The van der Waals surface area contributed by atoms with Gasteiger partial charge in [0, 0.05) is 30.4 Å². The molecular weight excluding hydrogens is 413 g/mol. The number of nitrogens with one attached hydrogen (secondary N) is 2. The third kappa shape index (κ3) is 4.26. The number of anilines is 2. The minimum atomic E-state index is -0.386. The van der Waals surface area contributed by atoms with Crippen molar-refractivity contribution in [3.8, 4) is 6.01 Å². The van der Waals surface area contributed by atoms with Gasteiger partial charge < -0.3 is 19.9 Å². The molecule has 4 heterocycles. The zero-order valence-electron chi connectivity index (χ0n) is 17.7. The second-order valence-electron chi connectivity index (χ2n) is 8.16. The van der Waals surface area contributed by atoms with E-state index in [-0.39, 0.29) is 17.8 Å². The lowest BCUT2D eigenvalue weighted by Crippen LogP contribution is -2.36. The average molecular weight is 437 g/mol. The molecule has 0 atom stereocenters. The Labute approximate surface area is 184 Å². The average Bonchev–Trinajstić information content (AvgIpc) is 3.38. The number of amides is 1. The first kappa shape index (κ1) is 20.4. The van der Waals surface area contributed by atoms with Gasteiger partial charge in [-0.05, 0) is 50.2 Å². The van der Waals surface area contributed by atoms with Crippen LogP contribution < -0.4 is 15.0 Å². The molecule has 3 aromatic rings. The molecule has 1 aromatic carbocycles. The molecule has 1 fully saturated rings. The summed E-state index contributed by atoms with van der Waals surface area (Å²) in [4.78, 5) is 25.7. The highest BCUT2D eigenvalue weighted by Crippen LogP contribution is 2.31. The molecule has 1 amide bonds. The number of likely N-dealkylation sites (tertiary alicyclic amines) is 1. The Balaban J connectivity index is 1.25. The fraction of sp³-hybridized carbons (Fsp3) is 0.364. The number of ether oxygens (including phenoxy) is 1. The van der Waals surface area contributed by atoms with Crippen molar-refractivity contribution in [1.29, 1.82) is 0 Å². The van der Waals surface area contributed by atoms with E-state index in [1.807, 2.05) is 6.07 Å². The maximum Gasteiger partial charge on any atom is 0.318 e. The quantitative estimate of drug-likeness (QED) is 0.633. The Morgan fingerprint density at radius 1 is 1.19 bits per heavy atom. The van der Waals surface area contributed by atoms with Gasteiger partial charge in [0.25, 0.3) is 5.91 Å². The van der Waals surface area contributed by atoms with Gasteiger partial charge in [-0.3, -0.25) is 9.89 Å². The largest absolute Gasteiger partial charge is 0.460 e. The van der Waals surface area contributed by atoms with E-state index in [0.29, 0.717) is 30.5 Å². The second kappa shape index (κ2) is 8.54. The van der Waals surface area contributed by atoms with E-state index in [1.54, 1.807) is 6.20 Å². The molecule has 32 heavy (non-hydrogen) atoms. The number of hydrogen-bond donors (Lipinski definition) is 2. The first-order chi connectivity index (χ1) is 15.5. The van der Waals surface area contributed by atoms with Crippen LogP contribution in [0.15, 0.2) is 36.5 Å². The van der Waals surface area contributed by atoms with E-state index in [0.717, 1.165) is 43.0 Å². The molecule has 166 valence electrons. The normalized spacial score (nSPS) is 16.8. The number of benzene rings is 1. The van der Waals surface area contributed by atoms with Crippen LogP contribution in [0.3, 0.4) is 0 Å². The highest BCUT2D eigenvalue weighted by molar-refractivity contribution is 6.04. The van der Waals surface area contributed by atoms with Crippen molar-refractivity contribution in [2.24, 2.45) is 0 Å². The first-order valence-corrected chi connectivity index (χ1v) is 10.6. The van der Waals surface area contributed by atoms with Crippen molar-refractivity contribution in [2.45, 2.75) is 32.0 Å². The molecule has 0 saturated carbocycles. The summed E-state index contributed by atoms with van der Waals surface area (Å²) in [5, 5.41) is 10.1.